The smallest absolute Gasteiger partial charge is 0.245 e. The van der Waals surface area contributed by atoms with Crippen LogP contribution in [0.25, 0.3) is 0 Å². The Morgan fingerprint density at radius 1 is 1.12 bits per heavy atom. The van der Waals surface area contributed by atoms with Crippen molar-refractivity contribution in [3.8, 4) is 0 Å². The van der Waals surface area contributed by atoms with E-state index in [0.29, 0.717) is 17.7 Å². The molecule has 2 nitrogen and oxygen atoms in total. The third kappa shape index (κ3) is 3.03. The summed E-state index contributed by atoms with van der Waals surface area (Å²) in [6, 6.07) is 6.93. The summed E-state index contributed by atoms with van der Waals surface area (Å²) in [5.74, 6) is 0. The summed E-state index contributed by atoms with van der Waals surface area (Å²) in [6.07, 6.45) is -0.993. The molecule has 5 heteroatoms. The number of benzene rings is 1. The number of hydrogen-bond acceptors (Lipinski definition) is 2. The topological polar surface area (TPSA) is 25.8 Å². The summed E-state index contributed by atoms with van der Waals surface area (Å²) in [7, 11) is 0. The lowest BCUT2D eigenvalue weighted by atomic mass is 10.1. The van der Waals surface area contributed by atoms with Crippen molar-refractivity contribution in [2.75, 3.05) is 0 Å². The van der Waals surface area contributed by atoms with Gasteiger partial charge >= 0.3 is 6.18 Å². The van der Waals surface area contributed by atoms with Crippen molar-refractivity contribution in [2.24, 2.45) is 0 Å². The van der Waals surface area contributed by atoms with Crippen LogP contribution in [-0.2, 0) is 12.6 Å². The molecule has 0 amide bonds. The Morgan fingerprint density at radius 3 is 2.59 bits per heavy atom. The van der Waals surface area contributed by atoms with E-state index in [1.807, 2.05) is 0 Å². The minimum Gasteiger partial charge on any atom is -0.245 e. The zero-order valence-electron chi connectivity index (χ0n) is 8.78. The van der Waals surface area contributed by atoms with Crippen LogP contribution >= 0.6 is 0 Å². The molecule has 0 aliphatic heterocycles. The third-order valence-electron chi connectivity index (χ3n) is 2.28. The van der Waals surface area contributed by atoms with Gasteiger partial charge in [0.2, 0.25) is 0 Å². The highest BCUT2D eigenvalue weighted by Gasteiger charge is 2.30. The number of nitrogens with zero attached hydrogens (tertiary/aromatic N) is 2. The lowest BCUT2D eigenvalue weighted by molar-refractivity contribution is -0.137. The highest BCUT2D eigenvalue weighted by atomic mass is 19.4. The van der Waals surface area contributed by atoms with Crippen molar-refractivity contribution < 1.29 is 13.2 Å². The first-order valence-corrected chi connectivity index (χ1v) is 4.97. The fourth-order valence-corrected chi connectivity index (χ4v) is 1.49. The first-order valence-electron chi connectivity index (χ1n) is 4.97. The molecule has 0 aliphatic carbocycles. The Kier molecular flexibility index (Phi) is 3.08. The van der Waals surface area contributed by atoms with Gasteiger partial charge in [0.25, 0.3) is 0 Å². The van der Waals surface area contributed by atoms with Gasteiger partial charge in [0.05, 0.1) is 5.56 Å². The van der Waals surface area contributed by atoms with Gasteiger partial charge in [0.1, 0.15) is 6.33 Å². The van der Waals surface area contributed by atoms with E-state index in [0.717, 1.165) is 12.1 Å². The number of alkyl halides is 3. The molecule has 88 valence electrons. The Hall–Kier alpha value is -1.91. The predicted octanol–water partition coefficient (Wildman–Crippen LogP) is 3.09. The van der Waals surface area contributed by atoms with Crippen LogP contribution in [0.15, 0.2) is 42.9 Å². The van der Waals surface area contributed by atoms with Crippen LogP contribution in [0.2, 0.25) is 0 Å². The zero-order chi connectivity index (χ0) is 12.3. The van der Waals surface area contributed by atoms with Crippen LogP contribution in [0.4, 0.5) is 13.2 Å². The standard InChI is InChI=1S/C12H9F3N2/c13-12(14,15)10-3-1-2-9(6-10)7-11-4-5-16-8-17-11/h1-6,8H,7H2. The summed E-state index contributed by atoms with van der Waals surface area (Å²) in [6.45, 7) is 0. The number of rotatable bonds is 2. The van der Waals surface area contributed by atoms with Crippen LogP contribution in [0.5, 0.6) is 0 Å². The minimum absolute atomic E-state index is 0.367. The highest BCUT2D eigenvalue weighted by Crippen LogP contribution is 2.29. The van der Waals surface area contributed by atoms with Gasteiger partial charge in [-0.05, 0) is 17.7 Å². The van der Waals surface area contributed by atoms with E-state index in [4.69, 9.17) is 0 Å². The quantitative estimate of drug-likeness (QED) is 0.803. The van der Waals surface area contributed by atoms with E-state index in [9.17, 15) is 13.2 Å². The van der Waals surface area contributed by atoms with Crippen molar-refractivity contribution >= 4 is 0 Å². The average Bonchev–Trinajstić information content (AvgIpc) is 2.29. The predicted molar refractivity (Wildman–Crippen MR) is 56.3 cm³/mol. The van der Waals surface area contributed by atoms with Crippen molar-refractivity contribution in [3.05, 3.63) is 59.7 Å². The molecule has 2 rings (SSSR count). The number of halogens is 3. The van der Waals surface area contributed by atoms with Gasteiger partial charge in [-0.2, -0.15) is 13.2 Å². The fraction of sp³-hybridized carbons (Fsp3) is 0.167. The molecule has 0 atom stereocenters. The summed E-state index contributed by atoms with van der Waals surface area (Å²) >= 11 is 0. The molecule has 1 aromatic heterocycles. The Bertz CT molecular complexity index is 495. The van der Waals surface area contributed by atoms with E-state index >= 15 is 0 Å². The normalized spacial score (nSPS) is 11.5. The fourth-order valence-electron chi connectivity index (χ4n) is 1.49. The summed E-state index contributed by atoms with van der Waals surface area (Å²) < 4.78 is 37.4. The minimum atomic E-state index is -4.30. The molecule has 0 radical (unpaired) electrons. The molecular weight excluding hydrogens is 229 g/mol. The van der Waals surface area contributed by atoms with Crippen LogP contribution in [0.3, 0.4) is 0 Å². The lowest BCUT2D eigenvalue weighted by Gasteiger charge is -2.08. The molecule has 0 saturated carbocycles. The molecule has 0 saturated heterocycles. The maximum Gasteiger partial charge on any atom is 0.416 e. The van der Waals surface area contributed by atoms with Crippen molar-refractivity contribution in [1.29, 1.82) is 0 Å². The number of hydrogen-bond donors (Lipinski definition) is 0. The van der Waals surface area contributed by atoms with Crippen LogP contribution in [0, 0.1) is 0 Å². The van der Waals surface area contributed by atoms with Crippen LogP contribution in [0.1, 0.15) is 16.8 Å². The molecule has 1 heterocycles. The molecular formula is C12H9F3N2. The molecule has 2 aromatic rings. The SMILES string of the molecule is FC(F)(F)c1cccc(Cc2ccncn2)c1. The lowest BCUT2D eigenvalue weighted by Crippen LogP contribution is -2.05. The van der Waals surface area contributed by atoms with E-state index in [1.165, 1.54) is 12.4 Å². The third-order valence-corrected chi connectivity index (χ3v) is 2.28. The van der Waals surface area contributed by atoms with Gasteiger partial charge in [-0.3, -0.25) is 0 Å². The summed E-state index contributed by atoms with van der Waals surface area (Å²) in [5.41, 5.74) is 0.641. The van der Waals surface area contributed by atoms with Crippen molar-refractivity contribution in [2.45, 2.75) is 12.6 Å². The van der Waals surface area contributed by atoms with E-state index in [1.54, 1.807) is 18.3 Å². The zero-order valence-corrected chi connectivity index (χ0v) is 8.78. The van der Waals surface area contributed by atoms with Crippen molar-refractivity contribution in [3.63, 3.8) is 0 Å². The highest BCUT2D eigenvalue weighted by molar-refractivity contribution is 5.28. The second kappa shape index (κ2) is 4.53. The Balaban J connectivity index is 2.23. The van der Waals surface area contributed by atoms with Gasteiger partial charge in [0, 0.05) is 18.3 Å². The average molecular weight is 238 g/mol. The number of aromatic nitrogens is 2. The molecule has 0 fully saturated rings. The summed E-state index contributed by atoms with van der Waals surface area (Å²) in [5, 5.41) is 0. The van der Waals surface area contributed by atoms with E-state index in [2.05, 4.69) is 9.97 Å². The molecule has 0 bridgehead atoms. The van der Waals surface area contributed by atoms with E-state index < -0.39 is 11.7 Å². The Labute approximate surface area is 96.2 Å². The molecule has 17 heavy (non-hydrogen) atoms. The first-order chi connectivity index (χ1) is 8.05. The molecule has 0 aliphatic rings. The first kappa shape index (κ1) is 11.6. The molecule has 0 unspecified atom stereocenters. The van der Waals surface area contributed by atoms with Crippen LogP contribution < -0.4 is 0 Å². The second-order valence-corrected chi connectivity index (χ2v) is 3.58. The molecule has 0 spiro atoms. The molecule has 1 aromatic carbocycles. The van der Waals surface area contributed by atoms with Gasteiger partial charge in [-0.25, -0.2) is 9.97 Å². The van der Waals surface area contributed by atoms with Gasteiger partial charge in [-0.1, -0.05) is 18.2 Å². The maximum absolute atomic E-state index is 12.5. The van der Waals surface area contributed by atoms with Gasteiger partial charge in [0.15, 0.2) is 0 Å². The molecule has 0 N–H and O–H groups in total. The largest absolute Gasteiger partial charge is 0.416 e. The maximum atomic E-state index is 12.5. The van der Waals surface area contributed by atoms with Crippen molar-refractivity contribution in [1.82, 2.24) is 9.97 Å². The van der Waals surface area contributed by atoms with Gasteiger partial charge in [-0.15, -0.1) is 0 Å². The van der Waals surface area contributed by atoms with E-state index in [-0.39, 0.29) is 0 Å². The second-order valence-electron chi connectivity index (χ2n) is 3.58. The monoisotopic (exact) mass is 238 g/mol. The Morgan fingerprint density at radius 2 is 1.94 bits per heavy atom. The summed E-state index contributed by atoms with van der Waals surface area (Å²) in [4.78, 5) is 7.73. The van der Waals surface area contributed by atoms with Crippen LogP contribution in [-0.4, -0.2) is 9.97 Å². The van der Waals surface area contributed by atoms with Gasteiger partial charge < -0.3 is 0 Å².